The first-order chi connectivity index (χ1) is 12.6. The van der Waals surface area contributed by atoms with Crippen molar-refractivity contribution in [3.05, 3.63) is 25.3 Å². The monoisotopic (exact) mass is 378 g/mol. The predicted octanol–water partition coefficient (Wildman–Crippen LogP) is 2.66. The zero-order valence-electron chi connectivity index (χ0n) is 16.7. The second kappa shape index (κ2) is 7.74. The largest absolute Gasteiger partial charge is 0.467 e. The molecular formula is C20H30N2O5. The van der Waals surface area contributed by atoms with Crippen LogP contribution in [-0.2, 0) is 19.1 Å². The molecule has 0 aliphatic carbocycles. The summed E-state index contributed by atoms with van der Waals surface area (Å²) in [6.45, 7) is 13.4. The molecule has 7 heteroatoms. The molecule has 2 fully saturated rings. The van der Waals surface area contributed by atoms with Crippen LogP contribution in [0.3, 0.4) is 0 Å². The van der Waals surface area contributed by atoms with Crippen molar-refractivity contribution in [2.75, 3.05) is 13.7 Å². The Labute approximate surface area is 161 Å². The zero-order valence-corrected chi connectivity index (χ0v) is 16.7. The van der Waals surface area contributed by atoms with Crippen molar-refractivity contribution in [2.24, 2.45) is 0 Å². The molecule has 0 spiro atoms. The van der Waals surface area contributed by atoms with Gasteiger partial charge in [-0.2, -0.15) is 0 Å². The molecule has 150 valence electrons. The molecule has 0 aromatic carbocycles. The van der Waals surface area contributed by atoms with Gasteiger partial charge in [0.05, 0.1) is 13.2 Å². The fourth-order valence-corrected chi connectivity index (χ4v) is 3.89. The molecule has 3 atom stereocenters. The number of ether oxygens (including phenoxy) is 2. The molecule has 2 rings (SSSR count). The third-order valence-corrected chi connectivity index (χ3v) is 5.15. The van der Waals surface area contributed by atoms with Gasteiger partial charge in [0, 0.05) is 6.54 Å². The Balaban J connectivity index is 2.39. The topological polar surface area (TPSA) is 76.2 Å². The Hall–Kier alpha value is -2.31. The fraction of sp³-hybridized carbons (Fsp3) is 0.650. The van der Waals surface area contributed by atoms with Crippen LogP contribution in [0.15, 0.2) is 25.3 Å². The minimum absolute atomic E-state index is 0.292. The van der Waals surface area contributed by atoms with Gasteiger partial charge < -0.3 is 14.4 Å². The number of rotatable bonds is 4. The number of methoxy groups -OCH3 is 1. The van der Waals surface area contributed by atoms with E-state index >= 15 is 0 Å². The first-order valence-corrected chi connectivity index (χ1v) is 9.28. The smallest absolute Gasteiger partial charge is 0.411 e. The van der Waals surface area contributed by atoms with Crippen LogP contribution in [0.2, 0.25) is 0 Å². The third kappa shape index (κ3) is 3.87. The summed E-state index contributed by atoms with van der Waals surface area (Å²) in [4.78, 5) is 41.5. The molecule has 0 N–H and O–H groups in total. The highest BCUT2D eigenvalue weighted by Gasteiger charge is 2.54. The van der Waals surface area contributed by atoms with E-state index in [0.717, 1.165) is 0 Å². The van der Waals surface area contributed by atoms with Crippen LogP contribution in [0.4, 0.5) is 4.79 Å². The lowest BCUT2D eigenvalue weighted by atomic mass is 9.93. The van der Waals surface area contributed by atoms with Gasteiger partial charge >= 0.3 is 12.1 Å². The van der Waals surface area contributed by atoms with Crippen LogP contribution < -0.4 is 0 Å². The van der Waals surface area contributed by atoms with E-state index in [1.54, 1.807) is 26.8 Å². The number of nitrogens with zero attached hydrogens (tertiary/aromatic N) is 2. The number of carbonyl (C=O) groups excluding carboxylic acids is 3. The molecule has 1 unspecified atom stereocenters. The van der Waals surface area contributed by atoms with Crippen molar-refractivity contribution < 1.29 is 23.9 Å². The van der Waals surface area contributed by atoms with E-state index in [1.165, 1.54) is 23.0 Å². The molecule has 0 radical (unpaired) electrons. The van der Waals surface area contributed by atoms with Crippen LogP contribution in [0.1, 0.15) is 46.5 Å². The summed E-state index contributed by atoms with van der Waals surface area (Å²) in [5.41, 5.74) is -1.91. The van der Waals surface area contributed by atoms with E-state index in [2.05, 4.69) is 13.2 Å². The lowest BCUT2D eigenvalue weighted by Crippen LogP contribution is -2.60. The van der Waals surface area contributed by atoms with Crippen molar-refractivity contribution in [2.45, 2.75) is 69.7 Å². The van der Waals surface area contributed by atoms with E-state index < -0.39 is 29.2 Å². The first kappa shape index (κ1) is 21.0. The van der Waals surface area contributed by atoms with Crippen LogP contribution >= 0.6 is 0 Å². The van der Waals surface area contributed by atoms with E-state index in [0.29, 0.717) is 32.2 Å². The van der Waals surface area contributed by atoms with E-state index in [1.807, 2.05) is 0 Å². The average molecular weight is 378 g/mol. The molecule has 0 aromatic heterocycles. The Morgan fingerprint density at radius 1 is 1.19 bits per heavy atom. The van der Waals surface area contributed by atoms with Crippen molar-refractivity contribution in [1.82, 2.24) is 9.80 Å². The van der Waals surface area contributed by atoms with Crippen LogP contribution in [0.25, 0.3) is 0 Å². The van der Waals surface area contributed by atoms with Crippen LogP contribution in [0.5, 0.6) is 0 Å². The molecule has 2 saturated heterocycles. The molecule has 7 nitrogen and oxygen atoms in total. The molecule has 27 heavy (non-hydrogen) atoms. The van der Waals surface area contributed by atoms with E-state index in [-0.39, 0.29) is 11.9 Å². The second-order valence-corrected chi connectivity index (χ2v) is 8.00. The Morgan fingerprint density at radius 3 is 2.37 bits per heavy atom. The second-order valence-electron chi connectivity index (χ2n) is 8.00. The highest BCUT2D eigenvalue weighted by Crippen LogP contribution is 2.38. The number of hydrogen-bond donors (Lipinski definition) is 0. The summed E-state index contributed by atoms with van der Waals surface area (Å²) in [7, 11) is 1.30. The average Bonchev–Trinajstić information content (AvgIpc) is 3.23. The number of likely N-dealkylation sites (tertiary alicyclic amines) is 2. The summed E-state index contributed by atoms with van der Waals surface area (Å²) in [5.74, 6) is -0.799. The molecule has 2 aliphatic rings. The van der Waals surface area contributed by atoms with Gasteiger partial charge in [0.15, 0.2) is 0 Å². The Bertz CT molecular complexity index is 639. The fourth-order valence-electron chi connectivity index (χ4n) is 3.89. The molecule has 2 aliphatic heterocycles. The number of amides is 2. The lowest BCUT2D eigenvalue weighted by Gasteiger charge is -2.40. The molecule has 0 bridgehead atoms. The van der Waals surface area contributed by atoms with Gasteiger partial charge in [-0.05, 0) is 46.5 Å². The van der Waals surface area contributed by atoms with Crippen molar-refractivity contribution in [3.63, 3.8) is 0 Å². The highest BCUT2D eigenvalue weighted by molar-refractivity contribution is 5.96. The van der Waals surface area contributed by atoms with Gasteiger partial charge in [0.1, 0.15) is 17.2 Å². The maximum Gasteiger partial charge on any atom is 0.411 e. The van der Waals surface area contributed by atoms with Gasteiger partial charge in [-0.3, -0.25) is 9.69 Å². The predicted molar refractivity (Wildman–Crippen MR) is 101 cm³/mol. The quantitative estimate of drug-likeness (QED) is 0.555. The summed E-state index contributed by atoms with van der Waals surface area (Å²) in [6, 6.07) is -0.983. The standard InChI is InChI=1S/C20H30N2O5/c1-7-14-10-11-15(16(23)26-6)22(14)17(24)20(8-2)12-9-13-21(20)18(25)27-19(3,4)5/h7-8,14-15H,1-2,9-13H2,3-6H3/t14?,15-,20-/m0/s1. The normalized spacial score (nSPS) is 28.0. The lowest BCUT2D eigenvalue weighted by molar-refractivity contribution is -0.155. The summed E-state index contributed by atoms with van der Waals surface area (Å²) in [6.07, 6.45) is 4.79. The van der Waals surface area contributed by atoms with Gasteiger partial charge in [-0.15, -0.1) is 13.2 Å². The summed E-state index contributed by atoms with van der Waals surface area (Å²) in [5, 5.41) is 0. The zero-order chi connectivity index (χ0) is 20.4. The van der Waals surface area contributed by atoms with Crippen molar-refractivity contribution in [3.8, 4) is 0 Å². The Morgan fingerprint density at radius 2 is 1.85 bits per heavy atom. The third-order valence-electron chi connectivity index (χ3n) is 5.15. The maximum absolute atomic E-state index is 13.6. The number of hydrogen-bond acceptors (Lipinski definition) is 5. The van der Waals surface area contributed by atoms with Gasteiger partial charge in [-0.25, -0.2) is 9.59 Å². The van der Waals surface area contributed by atoms with Crippen molar-refractivity contribution >= 4 is 18.0 Å². The minimum Gasteiger partial charge on any atom is -0.467 e. The molecule has 2 heterocycles. The summed E-state index contributed by atoms with van der Waals surface area (Å²) >= 11 is 0. The molecule has 0 aromatic rings. The SMILES string of the molecule is C=CC1CC[C@@H](C(=O)OC)N1C(=O)[C@]1(C=C)CCCN1C(=O)OC(C)(C)C. The Kier molecular flexibility index (Phi) is 6.02. The molecule has 0 saturated carbocycles. The minimum atomic E-state index is -1.24. The van der Waals surface area contributed by atoms with Gasteiger partial charge in [0.2, 0.25) is 0 Å². The number of esters is 1. The van der Waals surface area contributed by atoms with E-state index in [9.17, 15) is 14.4 Å². The van der Waals surface area contributed by atoms with Gasteiger partial charge in [0.25, 0.3) is 5.91 Å². The summed E-state index contributed by atoms with van der Waals surface area (Å²) < 4.78 is 10.4. The van der Waals surface area contributed by atoms with E-state index in [4.69, 9.17) is 9.47 Å². The van der Waals surface area contributed by atoms with Crippen molar-refractivity contribution in [1.29, 1.82) is 0 Å². The number of carbonyl (C=O) groups is 3. The highest BCUT2D eigenvalue weighted by atomic mass is 16.6. The molecular weight excluding hydrogens is 348 g/mol. The van der Waals surface area contributed by atoms with Crippen LogP contribution in [-0.4, -0.2) is 64.6 Å². The first-order valence-electron chi connectivity index (χ1n) is 9.28. The molecule has 2 amide bonds. The van der Waals surface area contributed by atoms with Gasteiger partial charge in [-0.1, -0.05) is 12.2 Å². The van der Waals surface area contributed by atoms with Crippen LogP contribution in [0, 0.1) is 0 Å². The maximum atomic E-state index is 13.6.